The van der Waals surface area contributed by atoms with E-state index in [1.807, 2.05) is 0 Å². The summed E-state index contributed by atoms with van der Waals surface area (Å²) in [4.78, 5) is 10.3. The van der Waals surface area contributed by atoms with Crippen LogP contribution < -0.4 is 0 Å². The SMILES string of the molecule is CCCCCCCCCCCCCCCCCC(=O)O.[CH3][K]. The van der Waals surface area contributed by atoms with Gasteiger partial charge in [0.1, 0.15) is 0 Å². The molecule has 0 rings (SSSR count). The molecular formula is C19H39KO2. The van der Waals surface area contributed by atoms with Gasteiger partial charge in [0.25, 0.3) is 0 Å². The molecule has 0 aliphatic heterocycles. The summed E-state index contributed by atoms with van der Waals surface area (Å²) in [5, 5.41) is 8.52. The molecule has 0 heterocycles. The van der Waals surface area contributed by atoms with Gasteiger partial charge in [-0.05, 0) is 6.42 Å². The zero-order valence-corrected chi connectivity index (χ0v) is 18.8. The Kier molecular flexibility index (Phi) is 28.1. The molecule has 0 aromatic heterocycles. The van der Waals surface area contributed by atoms with E-state index in [0.717, 1.165) is 61.8 Å². The summed E-state index contributed by atoms with van der Waals surface area (Å²) in [5.41, 5.74) is 0. The van der Waals surface area contributed by atoms with Crippen molar-refractivity contribution in [1.29, 1.82) is 0 Å². The second-order valence-electron chi connectivity index (χ2n) is 6.09. The predicted molar refractivity (Wildman–Crippen MR) is 98.8 cm³/mol. The van der Waals surface area contributed by atoms with Crippen LogP contribution >= 0.6 is 0 Å². The van der Waals surface area contributed by atoms with E-state index in [1.54, 1.807) is 0 Å². The number of aliphatic carboxylic acids is 1. The van der Waals surface area contributed by atoms with E-state index < -0.39 is 5.97 Å². The molecule has 1 N–H and O–H groups in total. The molecule has 0 fully saturated rings. The Morgan fingerprint density at radius 3 is 1.18 bits per heavy atom. The number of hydrogen-bond donors (Lipinski definition) is 1. The second-order valence-corrected chi connectivity index (χ2v) is 6.09. The van der Waals surface area contributed by atoms with Gasteiger partial charge in [0.15, 0.2) is 0 Å². The molecule has 0 aliphatic carbocycles. The third kappa shape index (κ3) is 26.0. The molecule has 0 radical (unpaired) electrons. The van der Waals surface area contributed by atoms with Gasteiger partial charge in [-0.3, -0.25) is 4.79 Å². The number of hydrogen-bond acceptors (Lipinski definition) is 1. The van der Waals surface area contributed by atoms with E-state index in [0.29, 0.717) is 6.42 Å². The van der Waals surface area contributed by atoms with Gasteiger partial charge in [0, 0.05) is 6.42 Å². The molecule has 0 unspecified atom stereocenters. The van der Waals surface area contributed by atoms with E-state index in [-0.39, 0.29) is 0 Å². The number of carboxylic acids is 1. The van der Waals surface area contributed by atoms with Crippen LogP contribution in [0.2, 0.25) is 1.02 Å². The Morgan fingerprint density at radius 2 is 0.909 bits per heavy atom. The van der Waals surface area contributed by atoms with E-state index >= 15 is 0 Å². The molecule has 0 saturated carbocycles. The molecule has 0 atom stereocenters. The maximum absolute atomic E-state index is 10.3. The molecule has 3 heteroatoms. The molecule has 0 amide bonds. The standard InChI is InChI=1S/C18H36O2.CH3.K/c1-2-3-4-5-6-7-8-9-10-11-12-13-14-15-16-17-18(19)20;;/h2-17H2,1H3,(H,19,20);1H3;. The molecule has 0 aliphatic rings. The predicted octanol–water partition coefficient (Wildman–Crippen LogP) is 6.54. The van der Waals surface area contributed by atoms with Gasteiger partial charge in [0.2, 0.25) is 0 Å². The van der Waals surface area contributed by atoms with Gasteiger partial charge < -0.3 is 5.11 Å². The zero-order valence-electron chi connectivity index (χ0n) is 15.7. The van der Waals surface area contributed by atoms with Gasteiger partial charge in [-0.2, -0.15) is 0 Å². The van der Waals surface area contributed by atoms with Crippen molar-refractivity contribution in [3.8, 4) is 0 Å². The van der Waals surface area contributed by atoms with Crippen LogP contribution in [0.4, 0.5) is 0 Å². The van der Waals surface area contributed by atoms with Gasteiger partial charge >= 0.3 is 55.9 Å². The molecule has 128 valence electrons. The number of rotatable bonds is 16. The average Bonchev–Trinajstić information content (AvgIpc) is 2.53. The van der Waals surface area contributed by atoms with Crippen LogP contribution in [-0.4, -0.2) is 60.0 Å². The van der Waals surface area contributed by atoms with Crippen molar-refractivity contribution in [2.45, 2.75) is 111 Å². The minimum absolute atomic E-state index is 0.345. The van der Waals surface area contributed by atoms with Crippen molar-refractivity contribution >= 4 is 54.9 Å². The van der Waals surface area contributed by atoms with E-state index in [4.69, 9.17) is 5.11 Å². The molecule has 0 saturated heterocycles. The Hall–Kier alpha value is 1.11. The Bertz CT molecular complexity index is 208. The van der Waals surface area contributed by atoms with Crippen molar-refractivity contribution in [2.24, 2.45) is 0 Å². The molecular weight excluding hydrogens is 299 g/mol. The topological polar surface area (TPSA) is 37.3 Å². The van der Waals surface area contributed by atoms with Crippen LogP contribution in [0.1, 0.15) is 110 Å². The van der Waals surface area contributed by atoms with Gasteiger partial charge in [-0.15, -0.1) is 0 Å². The number of carboxylic acid groups (broad SMARTS) is 1. The fourth-order valence-corrected chi connectivity index (χ4v) is 2.65. The quantitative estimate of drug-likeness (QED) is 0.256. The molecule has 22 heavy (non-hydrogen) atoms. The van der Waals surface area contributed by atoms with E-state index in [2.05, 4.69) is 7.94 Å². The summed E-state index contributed by atoms with van der Waals surface area (Å²) in [6, 6.07) is 0. The van der Waals surface area contributed by atoms with Crippen molar-refractivity contribution in [2.75, 3.05) is 0 Å². The zero-order chi connectivity index (χ0) is 16.9. The number of carbonyl (C=O) groups is 1. The number of unbranched alkanes of at least 4 members (excludes halogenated alkanes) is 14. The monoisotopic (exact) mass is 338 g/mol. The summed E-state index contributed by atoms with van der Waals surface area (Å²) in [5.74, 6) is -0.653. The van der Waals surface area contributed by atoms with Gasteiger partial charge in [-0.25, -0.2) is 0 Å². The summed E-state index contributed by atoms with van der Waals surface area (Å²) in [6.07, 6.45) is 20.2. The summed E-state index contributed by atoms with van der Waals surface area (Å²) >= 11 is 1.06. The Balaban J connectivity index is 0. The van der Waals surface area contributed by atoms with Crippen molar-refractivity contribution in [1.82, 2.24) is 0 Å². The fourth-order valence-electron chi connectivity index (χ4n) is 2.65. The fraction of sp³-hybridized carbons (Fsp3) is 0.947. The van der Waals surface area contributed by atoms with Crippen molar-refractivity contribution < 1.29 is 9.90 Å². The summed E-state index contributed by atoms with van der Waals surface area (Å²) < 4.78 is 2.19. The van der Waals surface area contributed by atoms with Crippen LogP contribution in [0.5, 0.6) is 0 Å². The van der Waals surface area contributed by atoms with Crippen molar-refractivity contribution in [3.05, 3.63) is 0 Å². The second kappa shape index (κ2) is 24.4. The van der Waals surface area contributed by atoms with Crippen LogP contribution in [0.3, 0.4) is 0 Å². The molecule has 0 aromatic carbocycles. The van der Waals surface area contributed by atoms with Crippen LogP contribution in [0.15, 0.2) is 0 Å². The molecule has 0 spiro atoms. The average molecular weight is 339 g/mol. The van der Waals surface area contributed by atoms with E-state index in [9.17, 15) is 4.79 Å². The normalized spacial score (nSPS) is 10.2. The van der Waals surface area contributed by atoms with E-state index in [1.165, 1.54) is 83.5 Å². The Morgan fingerprint density at radius 1 is 0.636 bits per heavy atom. The molecule has 0 bridgehead atoms. The van der Waals surface area contributed by atoms with Crippen LogP contribution in [0.25, 0.3) is 0 Å². The first-order valence-electron chi connectivity index (χ1n) is 9.99. The first kappa shape index (κ1) is 25.3. The molecule has 2 nitrogen and oxygen atoms in total. The minimum atomic E-state index is -0.653. The first-order valence-corrected chi connectivity index (χ1v) is 13.1. The third-order valence-electron chi connectivity index (χ3n) is 3.99. The first-order chi connectivity index (χ1) is 10.8. The maximum atomic E-state index is 10.3. The van der Waals surface area contributed by atoms with Crippen LogP contribution in [-0.2, 0) is 4.79 Å². The van der Waals surface area contributed by atoms with Gasteiger partial charge in [-0.1, -0.05) is 96.8 Å². The molecule has 0 aromatic rings. The Labute approximate surface area is 173 Å². The summed E-state index contributed by atoms with van der Waals surface area (Å²) in [7, 11) is 0. The third-order valence-corrected chi connectivity index (χ3v) is 3.99. The van der Waals surface area contributed by atoms with Crippen molar-refractivity contribution in [3.63, 3.8) is 0 Å². The van der Waals surface area contributed by atoms with Crippen LogP contribution in [0, 0.1) is 0 Å². The summed E-state index contributed by atoms with van der Waals surface area (Å²) in [6.45, 7) is 2.27. The van der Waals surface area contributed by atoms with Gasteiger partial charge in [0.05, 0.1) is 0 Å².